The molecule has 0 bridgehead atoms. The topological polar surface area (TPSA) is 9.23 Å². The van der Waals surface area contributed by atoms with Crippen molar-refractivity contribution in [1.29, 1.82) is 0 Å². The first-order chi connectivity index (χ1) is 9.79. The van der Waals surface area contributed by atoms with E-state index in [0.29, 0.717) is 18.4 Å². The highest BCUT2D eigenvalue weighted by Crippen LogP contribution is 2.56. The molecule has 0 saturated heterocycles. The van der Waals surface area contributed by atoms with Crippen molar-refractivity contribution in [2.24, 2.45) is 5.92 Å². The molecule has 1 saturated carbocycles. The van der Waals surface area contributed by atoms with Gasteiger partial charge in [0.05, 0.1) is 12.0 Å². The predicted molar refractivity (Wildman–Crippen MR) is 83.5 cm³/mol. The molecule has 2 aromatic carbocycles. The second-order valence-corrected chi connectivity index (χ2v) is 5.79. The minimum Gasteiger partial charge on any atom is -0.494 e. The molecule has 2 aromatic rings. The Morgan fingerprint density at radius 3 is 2.45 bits per heavy atom. The highest BCUT2D eigenvalue weighted by atomic mass is 35.5. The van der Waals surface area contributed by atoms with Gasteiger partial charge in [-0.15, -0.1) is 11.6 Å². The second-order valence-electron chi connectivity index (χ2n) is 5.32. The first kappa shape index (κ1) is 13.5. The van der Waals surface area contributed by atoms with Gasteiger partial charge in [0.2, 0.25) is 0 Å². The number of hydrogen-bond donors (Lipinski definition) is 0. The molecule has 0 amide bonds. The fraction of sp³-hybridized carbons (Fsp3) is 0.333. The lowest BCUT2D eigenvalue weighted by Gasteiger charge is -2.11. The van der Waals surface area contributed by atoms with E-state index in [4.69, 9.17) is 16.3 Å². The molecule has 1 nitrogen and oxygen atoms in total. The number of hydrogen-bond acceptors (Lipinski definition) is 1. The molecule has 1 fully saturated rings. The molecule has 1 aliphatic rings. The van der Waals surface area contributed by atoms with Gasteiger partial charge in [-0.2, -0.15) is 0 Å². The average Bonchev–Trinajstić information content (AvgIpc) is 3.29. The Morgan fingerprint density at radius 2 is 1.80 bits per heavy atom. The third-order valence-corrected chi connectivity index (χ3v) is 4.53. The number of alkyl halides is 1. The van der Waals surface area contributed by atoms with Crippen LogP contribution in [0.2, 0.25) is 0 Å². The highest BCUT2D eigenvalue weighted by Gasteiger charge is 2.43. The second kappa shape index (κ2) is 5.88. The van der Waals surface area contributed by atoms with Crippen LogP contribution in [0.3, 0.4) is 0 Å². The largest absolute Gasteiger partial charge is 0.494 e. The molecule has 0 radical (unpaired) electrons. The molecule has 0 aromatic heterocycles. The lowest BCUT2D eigenvalue weighted by Crippen LogP contribution is -1.96. The van der Waals surface area contributed by atoms with Crippen LogP contribution in [0.1, 0.15) is 35.8 Å². The molecule has 3 unspecified atom stereocenters. The summed E-state index contributed by atoms with van der Waals surface area (Å²) in [5.41, 5.74) is 2.60. The summed E-state index contributed by atoms with van der Waals surface area (Å²) in [6.07, 6.45) is 1.19. The van der Waals surface area contributed by atoms with Crippen LogP contribution in [-0.4, -0.2) is 6.61 Å². The van der Waals surface area contributed by atoms with Crippen LogP contribution in [0.4, 0.5) is 0 Å². The van der Waals surface area contributed by atoms with Crippen molar-refractivity contribution in [1.82, 2.24) is 0 Å². The summed E-state index contributed by atoms with van der Waals surface area (Å²) in [4.78, 5) is 0. The van der Waals surface area contributed by atoms with Crippen molar-refractivity contribution in [2.45, 2.75) is 24.6 Å². The molecule has 0 N–H and O–H groups in total. The molecule has 1 aliphatic carbocycles. The Labute approximate surface area is 125 Å². The van der Waals surface area contributed by atoms with Crippen molar-refractivity contribution < 1.29 is 4.74 Å². The van der Waals surface area contributed by atoms with Crippen LogP contribution in [0.25, 0.3) is 0 Å². The average molecular weight is 287 g/mol. The maximum atomic E-state index is 6.64. The summed E-state index contributed by atoms with van der Waals surface area (Å²) in [6.45, 7) is 2.69. The first-order valence-corrected chi connectivity index (χ1v) is 7.65. The number of ether oxygens (including phenoxy) is 1. The molecule has 2 heteroatoms. The van der Waals surface area contributed by atoms with Gasteiger partial charge in [0, 0.05) is 0 Å². The van der Waals surface area contributed by atoms with Gasteiger partial charge in [-0.25, -0.2) is 0 Å². The zero-order valence-electron chi connectivity index (χ0n) is 11.6. The smallest absolute Gasteiger partial charge is 0.119 e. The molecule has 3 atom stereocenters. The van der Waals surface area contributed by atoms with E-state index in [1.165, 1.54) is 17.5 Å². The van der Waals surface area contributed by atoms with Gasteiger partial charge in [0.25, 0.3) is 0 Å². The molecule has 0 aliphatic heterocycles. The van der Waals surface area contributed by atoms with Crippen molar-refractivity contribution in [2.75, 3.05) is 6.61 Å². The van der Waals surface area contributed by atoms with Gasteiger partial charge in [-0.1, -0.05) is 42.5 Å². The normalized spacial score (nSPS) is 22.3. The van der Waals surface area contributed by atoms with E-state index in [2.05, 4.69) is 42.5 Å². The number of benzene rings is 2. The zero-order chi connectivity index (χ0) is 13.9. The Morgan fingerprint density at radius 1 is 1.10 bits per heavy atom. The minimum atomic E-state index is 0.0934. The van der Waals surface area contributed by atoms with Crippen molar-refractivity contribution in [3.05, 3.63) is 65.7 Å². The van der Waals surface area contributed by atoms with E-state index in [9.17, 15) is 0 Å². The summed E-state index contributed by atoms with van der Waals surface area (Å²) in [6, 6.07) is 18.9. The molecule has 0 heterocycles. The van der Waals surface area contributed by atoms with Crippen LogP contribution in [0.15, 0.2) is 54.6 Å². The standard InChI is InChI=1S/C18H19ClO/c1-2-20-15-10-8-14(9-11-15)18(19)17-12-16(17)13-6-4-3-5-7-13/h3-11,16-18H,2,12H2,1H3. The predicted octanol–water partition coefficient (Wildman–Crippen LogP) is 5.17. The van der Waals surface area contributed by atoms with E-state index in [1.54, 1.807) is 0 Å². The fourth-order valence-electron chi connectivity index (χ4n) is 2.78. The zero-order valence-corrected chi connectivity index (χ0v) is 12.4. The van der Waals surface area contributed by atoms with Gasteiger partial charge in [0.15, 0.2) is 0 Å². The summed E-state index contributed by atoms with van der Waals surface area (Å²) in [7, 11) is 0. The molecule has 104 valence electrons. The van der Waals surface area contributed by atoms with E-state index >= 15 is 0 Å². The minimum absolute atomic E-state index is 0.0934. The van der Waals surface area contributed by atoms with Crippen molar-refractivity contribution in [3.8, 4) is 5.75 Å². The van der Waals surface area contributed by atoms with Gasteiger partial charge in [0.1, 0.15) is 5.75 Å². The third kappa shape index (κ3) is 2.83. The Balaban J connectivity index is 1.67. The van der Waals surface area contributed by atoms with Crippen molar-refractivity contribution >= 4 is 11.6 Å². The maximum Gasteiger partial charge on any atom is 0.119 e. The van der Waals surface area contributed by atoms with Crippen molar-refractivity contribution in [3.63, 3.8) is 0 Å². The van der Waals surface area contributed by atoms with Gasteiger partial charge in [-0.3, -0.25) is 0 Å². The molecule has 20 heavy (non-hydrogen) atoms. The Bertz CT molecular complexity index is 549. The third-order valence-electron chi connectivity index (χ3n) is 3.95. The lowest BCUT2D eigenvalue weighted by atomic mass is 10.0. The summed E-state index contributed by atoms with van der Waals surface area (Å²) in [5, 5.41) is 0.0934. The van der Waals surface area contributed by atoms with Crippen LogP contribution in [0.5, 0.6) is 5.75 Å². The molecular formula is C18H19ClO. The summed E-state index contributed by atoms with van der Waals surface area (Å²) >= 11 is 6.64. The van der Waals surface area contributed by atoms with Crippen LogP contribution in [-0.2, 0) is 0 Å². The van der Waals surface area contributed by atoms with E-state index < -0.39 is 0 Å². The SMILES string of the molecule is CCOc1ccc(C(Cl)C2CC2c2ccccc2)cc1. The van der Waals surface area contributed by atoms with E-state index in [0.717, 1.165) is 5.75 Å². The van der Waals surface area contributed by atoms with Gasteiger partial charge < -0.3 is 4.74 Å². The van der Waals surface area contributed by atoms with E-state index in [-0.39, 0.29) is 5.38 Å². The maximum absolute atomic E-state index is 6.64. The fourth-order valence-corrected chi connectivity index (χ4v) is 3.21. The first-order valence-electron chi connectivity index (χ1n) is 7.21. The number of halogens is 1. The van der Waals surface area contributed by atoms with Gasteiger partial charge in [-0.05, 0) is 48.4 Å². The molecule has 0 spiro atoms. The van der Waals surface area contributed by atoms with Gasteiger partial charge >= 0.3 is 0 Å². The Hall–Kier alpha value is -1.47. The van der Waals surface area contributed by atoms with Crippen LogP contribution < -0.4 is 4.74 Å². The summed E-state index contributed by atoms with van der Waals surface area (Å²) in [5.74, 6) is 2.08. The lowest BCUT2D eigenvalue weighted by molar-refractivity contribution is 0.340. The van der Waals surface area contributed by atoms with Crippen LogP contribution >= 0.6 is 11.6 Å². The Kier molecular flexibility index (Phi) is 3.98. The number of rotatable bonds is 5. The highest BCUT2D eigenvalue weighted by molar-refractivity contribution is 6.21. The summed E-state index contributed by atoms with van der Waals surface area (Å²) < 4.78 is 5.46. The van der Waals surface area contributed by atoms with Crippen LogP contribution in [0, 0.1) is 5.92 Å². The molecule has 3 rings (SSSR count). The molecular weight excluding hydrogens is 268 g/mol. The monoisotopic (exact) mass is 286 g/mol. The quantitative estimate of drug-likeness (QED) is 0.689. The van der Waals surface area contributed by atoms with E-state index in [1.807, 2.05) is 19.1 Å².